The highest BCUT2D eigenvalue weighted by atomic mass is 19.2. The lowest BCUT2D eigenvalue weighted by atomic mass is 10.2. The van der Waals surface area contributed by atoms with Gasteiger partial charge in [-0.25, -0.2) is 8.78 Å². The van der Waals surface area contributed by atoms with Crippen molar-refractivity contribution in [3.05, 3.63) is 29.3 Å². The van der Waals surface area contributed by atoms with Crippen molar-refractivity contribution in [1.29, 1.82) is 0 Å². The molecule has 0 saturated heterocycles. The Labute approximate surface area is 56.9 Å². The van der Waals surface area contributed by atoms with Crippen molar-refractivity contribution in [2.45, 2.75) is 6.92 Å². The number of hydrogen-bond donors (Lipinski definition) is 1. The van der Waals surface area contributed by atoms with Gasteiger partial charge in [0.15, 0.2) is 11.6 Å². The minimum atomic E-state index is -0.986. The zero-order valence-corrected chi connectivity index (χ0v) is 5.36. The van der Waals surface area contributed by atoms with Crippen molar-refractivity contribution in [3.63, 3.8) is 0 Å². The Hall–Kier alpha value is -1.12. The van der Waals surface area contributed by atoms with Crippen LogP contribution in [0.1, 0.15) is 5.56 Å². The molecule has 0 atom stereocenters. The third kappa shape index (κ3) is 0.943. The maximum atomic E-state index is 12.5. The standard InChI is InChI=1S/C7H6F2O/c1-4-6(10)3-2-5(8)7(4)9/h2-3,10H,1H3. The first-order chi connectivity index (χ1) is 4.63. The normalized spacial score (nSPS) is 9.90. The largest absolute Gasteiger partial charge is 0.508 e. The summed E-state index contributed by atoms with van der Waals surface area (Å²) < 4.78 is 24.7. The van der Waals surface area contributed by atoms with E-state index in [-0.39, 0.29) is 11.3 Å². The van der Waals surface area contributed by atoms with Crippen LogP contribution < -0.4 is 0 Å². The molecule has 0 radical (unpaired) electrons. The maximum absolute atomic E-state index is 12.5. The summed E-state index contributed by atoms with van der Waals surface area (Å²) in [5.41, 5.74) is -0.0556. The van der Waals surface area contributed by atoms with E-state index in [1.165, 1.54) is 6.92 Å². The average molecular weight is 144 g/mol. The van der Waals surface area contributed by atoms with Crippen molar-refractivity contribution in [2.24, 2.45) is 0 Å². The van der Waals surface area contributed by atoms with Gasteiger partial charge in [0.1, 0.15) is 5.75 Å². The minimum Gasteiger partial charge on any atom is -0.508 e. The summed E-state index contributed by atoms with van der Waals surface area (Å²) in [6, 6.07) is 2.01. The average Bonchev–Trinajstić information content (AvgIpc) is 1.93. The number of benzene rings is 1. The molecule has 1 rings (SSSR count). The molecule has 0 saturated carbocycles. The van der Waals surface area contributed by atoms with Gasteiger partial charge in [-0.05, 0) is 19.1 Å². The minimum absolute atomic E-state index is 0.0556. The molecule has 0 amide bonds. The number of rotatable bonds is 0. The Morgan fingerprint density at radius 2 is 1.90 bits per heavy atom. The summed E-state index contributed by atoms with van der Waals surface area (Å²) in [5.74, 6) is -2.14. The molecule has 10 heavy (non-hydrogen) atoms. The number of phenolic OH excluding ortho intramolecular Hbond substituents is 1. The van der Waals surface area contributed by atoms with Gasteiger partial charge in [0, 0.05) is 5.56 Å². The molecule has 0 bridgehead atoms. The highest BCUT2D eigenvalue weighted by molar-refractivity contribution is 5.32. The van der Waals surface area contributed by atoms with Gasteiger partial charge in [0.2, 0.25) is 0 Å². The van der Waals surface area contributed by atoms with Gasteiger partial charge >= 0.3 is 0 Å². The first-order valence-electron chi connectivity index (χ1n) is 2.76. The molecule has 0 aliphatic rings. The number of aromatic hydroxyl groups is 1. The zero-order valence-electron chi connectivity index (χ0n) is 5.36. The van der Waals surface area contributed by atoms with Crippen LogP contribution in [-0.2, 0) is 0 Å². The van der Waals surface area contributed by atoms with Gasteiger partial charge in [-0.15, -0.1) is 0 Å². The molecule has 0 heterocycles. The van der Waals surface area contributed by atoms with Crippen molar-refractivity contribution in [1.82, 2.24) is 0 Å². The summed E-state index contributed by atoms with van der Waals surface area (Å²) in [5, 5.41) is 8.82. The second-order valence-corrected chi connectivity index (χ2v) is 2.01. The molecular weight excluding hydrogens is 138 g/mol. The molecule has 1 N–H and O–H groups in total. The molecule has 0 aromatic heterocycles. The zero-order chi connectivity index (χ0) is 7.72. The van der Waals surface area contributed by atoms with Crippen LogP contribution in [0.2, 0.25) is 0 Å². The monoisotopic (exact) mass is 144 g/mol. The van der Waals surface area contributed by atoms with Gasteiger partial charge in [-0.3, -0.25) is 0 Å². The lowest BCUT2D eigenvalue weighted by molar-refractivity contribution is 0.447. The Kier molecular flexibility index (Phi) is 1.57. The predicted molar refractivity (Wildman–Crippen MR) is 32.8 cm³/mol. The van der Waals surface area contributed by atoms with Gasteiger partial charge in [-0.1, -0.05) is 0 Å². The third-order valence-electron chi connectivity index (χ3n) is 1.31. The van der Waals surface area contributed by atoms with E-state index in [1.54, 1.807) is 0 Å². The first-order valence-corrected chi connectivity index (χ1v) is 2.76. The molecule has 0 unspecified atom stereocenters. The summed E-state index contributed by atoms with van der Waals surface area (Å²) in [4.78, 5) is 0. The van der Waals surface area contributed by atoms with E-state index in [4.69, 9.17) is 5.11 Å². The van der Waals surface area contributed by atoms with Gasteiger partial charge in [0.05, 0.1) is 0 Å². The third-order valence-corrected chi connectivity index (χ3v) is 1.31. The Morgan fingerprint density at radius 1 is 1.30 bits per heavy atom. The second kappa shape index (κ2) is 2.25. The molecule has 0 aliphatic heterocycles. The Balaban J connectivity index is 3.34. The van der Waals surface area contributed by atoms with Crippen LogP contribution in [0.3, 0.4) is 0 Å². The fourth-order valence-electron chi connectivity index (χ4n) is 0.642. The predicted octanol–water partition coefficient (Wildman–Crippen LogP) is 1.98. The van der Waals surface area contributed by atoms with Gasteiger partial charge < -0.3 is 5.11 Å². The van der Waals surface area contributed by atoms with E-state index >= 15 is 0 Å². The molecule has 3 heteroatoms. The van der Waals surface area contributed by atoms with Gasteiger partial charge in [-0.2, -0.15) is 0 Å². The van der Waals surface area contributed by atoms with Gasteiger partial charge in [0.25, 0.3) is 0 Å². The first kappa shape index (κ1) is 6.99. The number of hydrogen-bond acceptors (Lipinski definition) is 1. The van der Waals surface area contributed by atoms with E-state index < -0.39 is 11.6 Å². The van der Waals surface area contributed by atoms with Crippen LogP contribution in [0, 0.1) is 18.6 Å². The smallest absolute Gasteiger partial charge is 0.165 e. The molecule has 1 aromatic carbocycles. The Bertz CT molecular complexity index is 231. The van der Waals surface area contributed by atoms with E-state index in [1.807, 2.05) is 0 Å². The molecule has 0 aliphatic carbocycles. The van der Waals surface area contributed by atoms with Crippen LogP contribution in [0.15, 0.2) is 12.1 Å². The lowest BCUT2D eigenvalue weighted by Crippen LogP contribution is -1.87. The topological polar surface area (TPSA) is 20.2 Å². The summed E-state index contributed by atoms with van der Waals surface area (Å²) in [7, 11) is 0. The van der Waals surface area contributed by atoms with Crippen LogP contribution >= 0.6 is 0 Å². The quantitative estimate of drug-likeness (QED) is 0.590. The summed E-state index contributed by atoms with van der Waals surface area (Å²) in [6.07, 6.45) is 0. The van der Waals surface area contributed by atoms with Crippen LogP contribution in [0.4, 0.5) is 8.78 Å². The summed E-state index contributed by atoms with van der Waals surface area (Å²) >= 11 is 0. The van der Waals surface area contributed by atoms with Crippen LogP contribution in [0.5, 0.6) is 5.75 Å². The van der Waals surface area contributed by atoms with E-state index in [0.717, 1.165) is 12.1 Å². The molecule has 1 nitrogen and oxygen atoms in total. The molecule has 1 aromatic rings. The van der Waals surface area contributed by atoms with Crippen LogP contribution in [0.25, 0.3) is 0 Å². The van der Waals surface area contributed by atoms with E-state index in [0.29, 0.717) is 0 Å². The van der Waals surface area contributed by atoms with Crippen LogP contribution in [-0.4, -0.2) is 5.11 Å². The number of halogens is 2. The fraction of sp³-hybridized carbons (Fsp3) is 0.143. The maximum Gasteiger partial charge on any atom is 0.165 e. The molecule has 0 fully saturated rings. The fourth-order valence-corrected chi connectivity index (χ4v) is 0.642. The second-order valence-electron chi connectivity index (χ2n) is 2.01. The highest BCUT2D eigenvalue weighted by Crippen LogP contribution is 2.20. The SMILES string of the molecule is Cc1c(O)ccc(F)c1F. The van der Waals surface area contributed by atoms with Crippen molar-refractivity contribution in [2.75, 3.05) is 0 Å². The molecular formula is C7H6F2O. The number of phenols is 1. The van der Waals surface area contributed by atoms with Crippen molar-refractivity contribution >= 4 is 0 Å². The van der Waals surface area contributed by atoms with E-state index in [9.17, 15) is 8.78 Å². The molecule has 54 valence electrons. The Morgan fingerprint density at radius 3 is 2.40 bits per heavy atom. The van der Waals surface area contributed by atoms with E-state index in [2.05, 4.69) is 0 Å². The lowest BCUT2D eigenvalue weighted by Gasteiger charge is -1.98. The van der Waals surface area contributed by atoms with Crippen molar-refractivity contribution < 1.29 is 13.9 Å². The molecule has 0 spiro atoms. The van der Waals surface area contributed by atoms with Crippen molar-refractivity contribution in [3.8, 4) is 5.75 Å². The highest BCUT2D eigenvalue weighted by Gasteiger charge is 2.07. The summed E-state index contributed by atoms with van der Waals surface area (Å²) in [6.45, 7) is 1.31.